The van der Waals surface area contributed by atoms with E-state index in [4.69, 9.17) is 0 Å². The van der Waals surface area contributed by atoms with Crippen molar-refractivity contribution >= 4 is 17.4 Å². The molecule has 1 unspecified atom stereocenters. The van der Waals surface area contributed by atoms with E-state index in [2.05, 4.69) is 11.4 Å². The number of fused-ring (bicyclic) bond motifs is 1. The molecule has 0 spiro atoms. The Bertz CT molecular complexity index is 1020. The van der Waals surface area contributed by atoms with Gasteiger partial charge in [-0.15, -0.1) is 0 Å². The molecule has 1 aliphatic heterocycles. The number of hydrogen-bond acceptors (Lipinski definition) is 2. The molecular weight excluding hydrogens is 336 g/mol. The van der Waals surface area contributed by atoms with Crippen LogP contribution in [0.15, 0.2) is 60.7 Å². The van der Waals surface area contributed by atoms with Crippen LogP contribution in [0.5, 0.6) is 0 Å². The van der Waals surface area contributed by atoms with E-state index in [1.807, 2.05) is 73.0 Å². The number of aromatic nitrogens is 1. The lowest BCUT2D eigenvalue weighted by atomic mass is 10.0. The van der Waals surface area contributed by atoms with Crippen LogP contribution >= 0.6 is 0 Å². The van der Waals surface area contributed by atoms with E-state index < -0.39 is 0 Å². The molecule has 136 valence electrons. The van der Waals surface area contributed by atoms with Crippen molar-refractivity contribution in [2.75, 3.05) is 5.32 Å². The number of aryl methyl sites for hydroxylation is 2. The fraction of sp³-hybridized carbons (Fsp3) is 0.217. The fourth-order valence-electron chi connectivity index (χ4n) is 3.82. The quantitative estimate of drug-likeness (QED) is 0.700. The first kappa shape index (κ1) is 17.3. The number of rotatable bonds is 4. The van der Waals surface area contributed by atoms with Gasteiger partial charge >= 0.3 is 0 Å². The molecule has 1 amide bonds. The molecule has 0 radical (unpaired) electrons. The van der Waals surface area contributed by atoms with Gasteiger partial charge in [0.1, 0.15) is 0 Å². The summed E-state index contributed by atoms with van der Waals surface area (Å²) in [7, 11) is 0. The highest BCUT2D eigenvalue weighted by Gasteiger charge is 2.32. The molecule has 4 rings (SSSR count). The second kappa shape index (κ2) is 6.88. The molecule has 2 heterocycles. The van der Waals surface area contributed by atoms with Crippen molar-refractivity contribution in [3.8, 4) is 0 Å². The first-order valence-electron chi connectivity index (χ1n) is 9.22. The Morgan fingerprint density at radius 1 is 1.00 bits per heavy atom. The third-order valence-corrected chi connectivity index (χ3v) is 5.24. The van der Waals surface area contributed by atoms with Crippen LogP contribution in [-0.4, -0.2) is 16.3 Å². The van der Waals surface area contributed by atoms with Crippen LogP contribution in [0.3, 0.4) is 0 Å². The summed E-state index contributed by atoms with van der Waals surface area (Å²) in [5.74, 6) is -0.252. The van der Waals surface area contributed by atoms with Crippen LogP contribution in [0.1, 0.15) is 45.2 Å². The van der Waals surface area contributed by atoms with Crippen molar-refractivity contribution in [2.45, 2.75) is 32.7 Å². The van der Waals surface area contributed by atoms with Gasteiger partial charge in [0.25, 0.3) is 0 Å². The standard InChI is InChI=1S/C23H22N2O2/c1-15-8-9-19(16(2)14-15)24-23(27)18-12-13-25-20(18)10-11-21(25)22(26)17-6-4-3-5-7-17/h3-11,14,18H,12-13H2,1-2H3,(H,24,27). The van der Waals surface area contributed by atoms with Crippen LogP contribution in [0, 0.1) is 13.8 Å². The molecule has 4 heteroatoms. The van der Waals surface area contributed by atoms with E-state index in [9.17, 15) is 9.59 Å². The summed E-state index contributed by atoms with van der Waals surface area (Å²) in [5.41, 5.74) is 5.30. The van der Waals surface area contributed by atoms with Gasteiger partial charge in [0.05, 0.1) is 11.6 Å². The summed E-state index contributed by atoms with van der Waals surface area (Å²) in [4.78, 5) is 25.6. The number of amides is 1. The normalized spacial score (nSPS) is 15.4. The van der Waals surface area contributed by atoms with Gasteiger partial charge in [-0.05, 0) is 44.0 Å². The van der Waals surface area contributed by atoms with Crippen molar-refractivity contribution in [1.29, 1.82) is 0 Å². The predicted octanol–water partition coefficient (Wildman–Crippen LogP) is 4.46. The van der Waals surface area contributed by atoms with Gasteiger partial charge in [-0.1, -0.05) is 48.0 Å². The van der Waals surface area contributed by atoms with Crippen molar-refractivity contribution in [3.63, 3.8) is 0 Å². The third kappa shape index (κ3) is 3.19. The smallest absolute Gasteiger partial charge is 0.233 e. The molecule has 0 saturated heterocycles. The van der Waals surface area contributed by atoms with Gasteiger partial charge in [-0.25, -0.2) is 0 Å². The van der Waals surface area contributed by atoms with E-state index in [0.717, 1.165) is 16.9 Å². The lowest BCUT2D eigenvalue weighted by Gasteiger charge is -2.13. The van der Waals surface area contributed by atoms with E-state index in [0.29, 0.717) is 24.2 Å². The molecular formula is C23H22N2O2. The zero-order valence-electron chi connectivity index (χ0n) is 15.5. The maximum absolute atomic E-state index is 12.9. The van der Waals surface area contributed by atoms with Gasteiger partial charge in [-0.2, -0.15) is 0 Å². The van der Waals surface area contributed by atoms with Crippen molar-refractivity contribution in [2.24, 2.45) is 0 Å². The summed E-state index contributed by atoms with van der Waals surface area (Å²) < 4.78 is 1.99. The number of nitrogens with zero attached hydrogens (tertiary/aromatic N) is 1. The second-order valence-corrected chi connectivity index (χ2v) is 7.14. The molecule has 3 aromatic rings. The zero-order valence-corrected chi connectivity index (χ0v) is 15.5. The molecule has 1 aromatic heterocycles. The Balaban J connectivity index is 1.57. The number of nitrogens with one attached hydrogen (secondary N) is 1. The first-order valence-corrected chi connectivity index (χ1v) is 9.22. The molecule has 0 aliphatic carbocycles. The number of carbonyl (C=O) groups is 2. The Labute approximate surface area is 158 Å². The molecule has 1 N–H and O–H groups in total. The number of hydrogen-bond donors (Lipinski definition) is 1. The maximum Gasteiger partial charge on any atom is 0.233 e. The summed E-state index contributed by atoms with van der Waals surface area (Å²) >= 11 is 0. The predicted molar refractivity (Wildman–Crippen MR) is 106 cm³/mol. The van der Waals surface area contributed by atoms with Crippen LogP contribution in [0.25, 0.3) is 0 Å². The van der Waals surface area contributed by atoms with E-state index in [-0.39, 0.29) is 17.6 Å². The van der Waals surface area contributed by atoms with E-state index in [1.54, 1.807) is 0 Å². The van der Waals surface area contributed by atoms with Gasteiger partial charge in [0.15, 0.2) is 0 Å². The van der Waals surface area contributed by atoms with E-state index in [1.165, 1.54) is 5.56 Å². The molecule has 2 aromatic carbocycles. The minimum atomic E-state index is -0.233. The molecule has 1 aliphatic rings. The average molecular weight is 358 g/mol. The lowest BCUT2D eigenvalue weighted by Crippen LogP contribution is -2.20. The Hall–Kier alpha value is -3.14. The van der Waals surface area contributed by atoms with Crippen molar-refractivity contribution < 1.29 is 9.59 Å². The number of anilines is 1. The highest BCUT2D eigenvalue weighted by atomic mass is 16.2. The second-order valence-electron chi connectivity index (χ2n) is 7.14. The highest BCUT2D eigenvalue weighted by Crippen LogP contribution is 2.32. The highest BCUT2D eigenvalue weighted by molar-refractivity contribution is 6.08. The molecule has 1 atom stereocenters. The minimum Gasteiger partial charge on any atom is -0.341 e. The van der Waals surface area contributed by atoms with Crippen LogP contribution in [-0.2, 0) is 11.3 Å². The monoisotopic (exact) mass is 358 g/mol. The van der Waals surface area contributed by atoms with Crippen LogP contribution < -0.4 is 5.32 Å². The van der Waals surface area contributed by atoms with E-state index >= 15 is 0 Å². The zero-order chi connectivity index (χ0) is 19.0. The van der Waals surface area contributed by atoms with Crippen molar-refractivity contribution in [1.82, 2.24) is 4.57 Å². The fourth-order valence-corrected chi connectivity index (χ4v) is 3.82. The van der Waals surface area contributed by atoms with Crippen LogP contribution in [0.2, 0.25) is 0 Å². The lowest BCUT2D eigenvalue weighted by molar-refractivity contribution is -0.117. The number of ketones is 1. The summed E-state index contributed by atoms with van der Waals surface area (Å²) in [6, 6.07) is 19.0. The maximum atomic E-state index is 12.9. The molecule has 0 saturated carbocycles. The largest absolute Gasteiger partial charge is 0.341 e. The molecule has 0 bridgehead atoms. The molecule has 4 nitrogen and oxygen atoms in total. The SMILES string of the molecule is Cc1ccc(NC(=O)C2CCn3c(C(=O)c4ccccc4)ccc32)c(C)c1. The Morgan fingerprint density at radius 2 is 1.78 bits per heavy atom. The Morgan fingerprint density at radius 3 is 2.52 bits per heavy atom. The van der Waals surface area contributed by atoms with Gasteiger partial charge in [0, 0.05) is 23.5 Å². The third-order valence-electron chi connectivity index (χ3n) is 5.24. The van der Waals surface area contributed by atoms with Crippen LogP contribution in [0.4, 0.5) is 5.69 Å². The topological polar surface area (TPSA) is 51.1 Å². The first-order chi connectivity index (χ1) is 13.0. The number of carbonyl (C=O) groups excluding carboxylic acids is 2. The summed E-state index contributed by atoms with van der Waals surface area (Å²) in [6.45, 7) is 4.71. The molecule has 27 heavy (non-hydrogen) atoms. The number of benzene rings is 2. The van der Waals surface area contributed by atoms with Gasteiger partial charge in [-0.3, -0.25) is 9.59 Å². The van der Waals surface area contributed by atoms with Gasteiger partial charge in [0.2, 0.25) is 11.7 Å². The molecule has 0 fully saturated rings. The Kier molecular flexibility index (Phi) is 4.40. The summed E-state index contributed by atoms with van der Waals surface area (Å²) in [6.07, 6.45) is 0.710. The average Bonchev–Trinajstić information content (AvgIpc) is 3.26. The van der Waals surface area contributed by atoms with Crippen molar-refractivity contribution in [3.05, 3.63) is 88.7 Å². The van der Waals surface area contributed by atoms with Gasteiger partial charge < -0.3 is 9.88 Å². The summed E-state index contributed by atoms with van der Waals surface area (Å²) in [5, 5.41) is 3.05. The minimum absolute atomic E-state index is 0.00251.